The number of benzene rings is 1. The van der Waals surface area contributed by atoms with Crippen molar-refractivity contribution < 1.29 is 18.0 Å². The summed E-state index contributed by atoms with van der Waals surface area (Å²) >= 11 is 0. The zero-order valence-electron chi connectivity index (χ0n) is 17.1. The minimum atomic E-state index is -4.34. The van der Waals surface area contributed by atoms with Gasteiger partial charge in [0.05, 0.1) is 5.56 Å². The van der Waals surface area contributed by atoms with E-state index in [4.69, 9.17) is 0 Å². The van der Waals surface area contributed by atoms with Gasteiger partial charge in [-0.15, -0.1) is 0 Å². The summed E-state index contributed by atoms with van der Waals surface area (Å²) in [5.74, 6) is 0.322. The minimum Gasteiger partial charge on any atom is -0.380 e. The number of anilines is 1. The Morgan fingerprint density at radius 3 is 2.14 bits per heavy atom. The summed E-state index contributed by atoms with van der Waals surface area (Å²) < 4.78 is 38.1. The number of carbonyl (C=O) groups is 1. The number of carbonyl (C=O) groups excluding carboxylic acids is 1. The molecule has 0 saturated carbocycles. The zero-order valence-corrected chi connectivity index (χ0v) is 17.1. The molecule has 1 amide bonds. The van der Waals surface area contributed by atoms with Gasteiger partial charge >= 0.3 is 6.18 Å². The average molecular weight is 400 g/mol. The van der Waals surface area contributed by atoms with Crippen LogP contribution in [0.5, 0.6) is 0 Å². The first-order valence-electron chi connectivity index (χ1n) is 10.0. The van der Waals surface area contributed by atoms with Gasteiger partial charge in [0, 0.05) is 30.2 Å². The van der Waals surface area contributed by atoms with E-state index in [0.29, 0.717) is 18.3 Å². The fourth-order valence-electron chi connectivity index (χ4n) is 3.46. The number of alkyl halides is 3. The van der Waals surface area contributed by atoms with E-state index in [1.807, 2.05) is 13.8 Å². The van der Waals surface area contributed by atoms with E-state index in [1.165, 1.54) is 12.1 Å². The van der Waals surface area contributed by atoms with Gasteiger partial charge in [-0.25, -0.2) is 0 Å². The number of hydrogen-bond acceptors (Lipinski definition) is 3. The lowest BCUT2D eigenvalue weighted by Gasteiger charge is -2.34. The highest BCUT2D eigenvalue weighted by atomic mass is 19.4. The van der Waals surface area contributed by atoms with Gasteiger partial charge in [-0.3, -0.25) is 4.79 Å². The fraction of sp³-hybridized carbons (Fsp3) is 0.667. The van der Waals surface area contributed by atoms with Crippen LogP contribution in [0.2, 0.25) is 0 Å². The second-order valence-corrected chi connectivity index (χ2v) is 8.22. The molecule has 1 aromatic rings. The molecule has 0 aromatic heterocycles. The van der Waals surface area contributed by atoms with Crippen LogP contribution in [0.1, 0.15) is 46.1 Å². The quantitative estimate of drug-likeness (QED) is 0.715. The molecular formula is C21H32F3N3O. The van der Waals surface area contributed by atoms with Crippen LogP contribution in [-0.2, 0) is 11.0 Å². The molecule has 0 bridgehead atoms. The normalized spacial score (nSPS) is 17.8. The van der Waals surface area contributed by atoms with E-state index in [2.05, 4.69) is 29.4 Å². The summed E-state index contributed by atoms with van der Waals surface area (Å²) in [5.41, 5.74) is -0.0496. The predicted molar refractivity (Wildman–Crippen MR) is 106 cm³/mol. The van der Waals surface area contributed by atoms with E-state index in [-0.39, 0.29) is 23.8 Å². The molecule has 0 spiro atoms. The topological polar surface area (TPSA) is 44.4 Å². The Kier molecular flexibility index (Phi) is 7.75. The summed E-state index contributed by atoms with van der Waals surface area (Å²) in [5, 5.41) is 6.28. The van der Waals surface area contributed by atoms with E-state index >= 15 is 0 Å². The molecule has 2 rings (SSSR count). The van der Waals surface area contributed by atoms with Crippen molar-refractivity contribution in [1.29, 1.82) is 0 Å². The fourth-order valence-corrected chi connectivity index (χ4v) is 3.46. The molecule has 1 fully saturated rings. The lowest BCUT2D eigenvalue weighted by molar-refractivity contribution is -0.137. The third kappa shape index (κ3) is 6.40. The molecule has 158 valence electrons. The van der Waals surface area contributed by atoms with Crippen molar-refractivity contribution in [3.8, 4) is 0 Å². The molecule has 1 atom stereocenters. The average Bonchev–Trinajstić information content (AvgIpc) is 2.64. The number of nitrogens with zero attached hydrogens (tertiary/aromatic N) is 1. The molecule has 2 N–H and O–H groups in total. The van der Waals surface area contributed by atoms with E-state index in [1.54, 1.807) is 0 Å². The van der Waals surface area contributed by atoms with Crippen molar-refractivity contribution in [2.24, 2.45) is 11.8 Å². The summed E-state index contributed by atoms with van der Waals surface area (Å²) in [7, 11) is 0. The molecule has 7 heteroatoms. The van der Waals surface area contributed by atoms with Gasteiger partial charge in [-0.2, -0.15) is 13.2 Å². The first kappa shape index (κ1) is 22.5. The Morgan fingerprint density at radius 2 is 1.68 bits per heavy atom. The van der Waals surface area contributed by atoms with Crippen LogP contribution in [0, 0.1) is 11.8 Å². The van der Waals surface area contributed by atoms with E-state index in [0.717, 1.165) is 38.1 Å². The molecule has 4 nitrogen and oxygen atoms in total. The summed E-state index contributed by atoms with van der Waals surface area (Å²) in [4.78, 5) is 14.9. The second kappa shape index (κ2) is 9.63. The molecule has 28 heavy (non-hydrogen) atoms. The van der Waals surface area contributed by atoms with Crippen LogP contribution in [0.4, 0.5) is 18.9 Å². The predicted octanol–water partition coefficient (Wildman–Crippen LogP) is 4.38. The van der Waals surface area contributed by atoms with Crippen molar-refractivity contribution in [2.45, 2.75) is 58.8 Å². The summed E-state index contributed by atoms with van der Waals surface area (Å²) in [6.45, 7) is 10.7. The third-order valence-electron chi connectivity index (χ3n) is 5.50. The number of piperidine rings is 1. The highest BCUT2D eigenvalue weighted by molar-refractivity contribution is 5.78. The third-order valence-corrected chi connectivity index (χ3v) is 5.50. The Bertz CT molecular complexity index is 621. The van der Waals surface area contributed by atoms with Gasteiger partial charge in [0.25, 0.3) is 0 Å². The number of rotatable bonds is 7. The van der Waals surface area contributed by atoms with Crippen molar-refractivity contribution in [2.75, 3.05) is 25.0 Å². The van der Waals surface area contributed by atoms with Crippen LogP contribution >= 0.6 is 0 Å². The number of halogens is 3. The second-order valence-electron chi connectivity index (χ2n) is 8.22. The molecule has 1 aliphatic heterocycles. The number of likely N-dealkylation sites (tertiary alicyclic amines) is 1. The number of amides is 1. The molecule has 1 aromatic carbocycles. The minimum absolute atomic E-state index is 0.0360. The first-order valence-corrected chi connectivity index (χ1v) is 10.0. The van der Waals surface area contributed by atoms with Crippen LogP contribution in [-0.4, -0.2) is 42.5 Å². The monoisotopic (exact) mass is 399 g/mol. The number of hydrogen-bond donors (Lipinski definition) is 2. The molecule has 0 unspecified atom stereocenters. The lowest BCUT2D eigenvalue weighted by Crippen LogP contribution is -2.46. The molecule has 0 aliphatic carbocycles. The van der Waals surface area contributed by atoms with Crippen LogP contribution in [0.25, 0.3) is 0 Å². The SMILES string of the molecule is CC(C)[C@H](CNC(=O)C1CCN(C(C)C)CC1)Nc1ccc(C(F)(F)F)cc1. The van der Waals surface area contributed by atoms with Gasteiger partial charge in [0.1, 0.15) is 0 Å². The zero-order chi connectivity index (χ0) is 20.9. The van der Waals surface area contributed by atoms with Crippen LogP contribution in [0.15, 0.2) is 24.3 Å². The molecule has 1 heterocycles. The summed E-state index contributed by atoms with van der Waals surface area (Å²) in [6, 6.07) is 5.45. The smallest absolute Gasteiger partial charge is 0.380 e. The van der Waals surface area contributed by atoms with E-state index < -0.39 is 11.7 Å². The van der Waals surface area contributed by atoms with E-state index in [9.17, 15) is 18.0 Å². The Labute approximate surface area is 165 Å². The summed E-state index contributed by atoms with van der Waals surface area (Å²) in [6.07, 6.45) is -2.61. The maximum atomic E-state index is 12.7. The Hall–Kier alpha value is -1.76. The molecule has 1 saturated heterocycles. The first-order chi connectivity index (χ1) is 13.1. The number of nitrogens with one attached hydrogen (secondary N) is 2. The van der Waals surface area contributed by atoms with Gasteiger partial charge in [-0.05, 0) is 70.0 Å². The molecular weight excluding hydrogens is 367 g/mol. The Balaban J connectivity index is 1.87. The highest BCUT2D eigenvalue weighted by Gasteiger charge is 2.30. The van der Waals surface area contributed by atoms with Crippen molar-refractivity contribution in [3.63, 3.8) is 0 Å². The van der Waals surface area contributed by atoms with Crippen molar-refractivity contribution >= 4 is 11.6 Å². The maximum Gasteiger partial charge on any atom is 0.416 e. The lowest BCUT2D eigenvalue weighted by atomic mass is 9.94. The standard InChI is InChI=1S/C21H32F3N3O/c1-14(2)19(26-18-7-5-17(6-8-18)21(22,23)24)13-25-20(28)16-9-11-27(12-10-16)15(3)4/h5-8,14-16,19,26H,9-13H2,1-4H3,(H,25,28)/t19-/m0/s1. The Morgan fingerprint density at radius 1 is 1.11 bits per heavy atom. The molecule has 0 radical (unpaired) electrons. The van der Waals surface area contributed by atoms with Gasteiger partial charge in [-0.1, -0.05) is 13.8 Å². The molecule has 1 aliphatic rings. The van der Waals surface area contributed by atoms with Gasteiger partial charge in [0.2, 0.25) is 5.91 Å². The van der Waals surface area contributed by atoms with Gasteiger partial charge < -0.3 is 15.5 Å². The largest absolute Gasteiger partial charge is 0.416 e. The highest BCUT2D eigenvalue weighted by Crippen LogP contribution is 2.30. The van der Waals surface area contributed by atoms with Gasteiger partial charge in [0.15, 0.2) is 0 Å². The maximum absolute atomic E-state index is 12.7. The van der Waals surface area contributed by atoms with Crippen LogP contribution in [0.3, 0.4) is 0 Å². The van der Waals surface area contributed by atoms with Crippen LogP contribution < -0.4 is 10.6 Å². The van der Waals surface area contributed by atoms with Crippen molar-refractivity contribution in [1.82, 2.24) is 10.2 Å². The van der Waals surface area contributed by atoms with Crippen molar-refractivity contribution in [3.05, 3.63) is 29.8 Å².